The van der Waals surface area contributed by atoms with E-state index in [-0.39, 0.29) is 35.5 Å². The molecule has 1 aliphatic rings. The summed E-state index contributed by atoms with van der Waals surface area (Å²) in [5, 5.41) is 15.0. The van der Waals surface area contributed by atoms with Gasteiger partial charge in [-0.05, 0) is 42.9 Å². The lowest BCUT2D eigenvalue weighted by Crippen LogP contribution is -2.37. The van der Waals surface area contributed by atoms with Crippen LogP contribution in [-0.2, 0) is 21.4 Å². The summed E-state index contributed by atoms with van der Waals surface area (Å²) in [5.41, 5.74) is 0.475. The van der Waals surface area contributed by atoms with Gasteiger partial charge >= 0.3 is 0 Å². The van der Waals surface area contributed by atoms with Crippen molar-refractivity contribution in [3.8, 4) is 0 Å². The zero-order chi connectivity index (χ0) is 21.7. The average molecular weight is 429 g/mol. The Morgan fingerprint density at radius 2 is 1.93 bits per heavy atom. The van der Waals surface area contributed by atoms with Gasteiger partial charge in [-0.1, -0.05) is 51.6 Å². The lowest BCUT2D eigenvalue weighted by atomic mass is 9.57. The van der Waals surface area contributed by atoms with Crippen LogP contribution < -0.4 is 9.83 Å². The van der Waals surface area contributed by atoms with E-state index in [9.17, 15) is 18.3 Å². The highest BCUT2D eigenvalue weighted by Crippen LogP contribution is 2.53. The smallest absolute Gasteiger partial charge is 0.230 e. The molecule has 0 radical (unpaired) electrons. The fourth-order valence-corrected chi connectivity index (χ4v) is 4.90. The molecule has 1 aliphatic carbocycles. The second-order valence-electron chi connectivity index (χ2n) is 9.40. The highest BCUT2D eigenvalue weighted by atomic mass is 32.2. The van der Waals surface area contributed by atoms with Crippen LogP contribution in [0.1, 0.15) is 96.2 Å². The second-order valence-corrected chi connectivity index (χ2v) is 11.2. The molecule has 0 amide bonds. The molecular formula is C20H34N3O5S-. The lowest BCUT2D eigenvalue weighted by Gasteiger charge is -2.48. The van der Waals surface area contributed by atoms with E-state index < -0.39 is 21.9 Å². The maximum Gasteiger partial charge on any atom is 0.230 e. The van der Waals surface area contributed by atoms with Gasteiger partial charge in [-0.25, -0.2) is 13.1 Å². The first-order chi connectivity index (χ1) is 13.4. The van der Waals surface area contributed by atoms with E-state index in [1.54, 1.807) is 0 Å². The maximum absolute atomic E-state index is 11.2. The van der Waals surface area contributed by atoms with Crippen molar-refractivity contribution in [3.63, 3.8) is 0 Å². The van der Waals surface area contributed by atoms with Gasteiger partial charge in [0.25, 0.3) is 0 Å². The Morgan fingerprint density at radius 3 is 2.48 bits per heavy atom. The van der Waals surface area contributed by atoms with Crippen molar-refractivity contribution in [2.75, 3.05) is 6.26 Å². The fourth-order valence-electron chi connectivity index (χ4n) is 4.51. The Bertz CT molecular complexity index is 776. The third kappa shape index (κ3) is 7.06. The molecule has 1 aromatic heterocycles. The van der Waals surface area contributed by atoms with Crippen LogP contribution in [0.5, 0.6) is 0 Å². The van der Waals surface area contributed by atoms with Gasteiger partial charge in [-0.3, -0.25) is 0 Å². The van der Waals surface area contributed by atoms with Crippen LogP contribution in [0.4, 0.5) is 0 Å². The van der Waals surface area contributed by atoms with E-state index in [2.05, 4.69) is 35.6 Å². The van der Waals surface area contributed by atoms with E-state index in [4.69, 9.17) is 4.52 Å². The molecule has 0 aromatic carbocycles. The number of sulfonamides is 1. The van der Waals surface area contributed by atoms with Crippen molar-refractivity contribution < 1.29 is 22.8 Å². The normalized spacial score (nSPS) is 18.5. The third-order valence-corrected chi connectivity index (χ3v) is 7.02. The highest BCUT2D eigenvalue weighted by molar-refractivity contribution is 7.88. The summed E-state index contributed by atoms with van der Waals surface area (Å²) in [6.45, 7) is 6.82. The molecule has 2 rings (SSSR count). The van der Waals surface area contributed by atoms with Gasteiger partial charge in [0.15, 0.2) is 5.82 Å². The third-order valence-electron chi connectivity index (χ3n) is 6.35. The molecule has 1 fully saturated rings. The Balaban J connectivity index is 2.03. The zero-order valence-corrected chi connectivity index (χ0v) is 18.8. The van der Waals surface area contributed by atoms with E-state index in [1.165, 1.54) is 32.1 Å². The van der Waals surface area contributed by atoms with Crippen molar-refractivity contribution >= 4 is 16.0 Å². The minimum Gasteiger partial charge on any atom is -0.550 e. The van der Waals surface area contributed by atoms with E-state index in [1.807, 2.05) is 0 Å². The fraction of sp³-hybridized carbons (Fsp3) is 0.850. The first-order valence-corrected chi connectivity index (χ1v) is 12.3. The molecule has 0 saturated heterocycles. The SMILES string of the molecule is CC(C)(C)C1(CCCC(CC(=O)[O-])c2nc(CNS(C)(=O)=O)no2)CCCCC1. The summed E-state index contributed by atoms with van der Waals surface area (Å²) >= 11 is 0. The molecule has 1 unspecified atom stereocenters. The molecule has 166 valence electrons. The standard InChI is InChI=1S/C20H35N3O5S/c1-19(2,3)20(10-6-5-7-11-20)12-8-9-15(13-17(24)25)18-22-16(23-28-18)14-21-29(4,26)27/h15,21H,5-14H2,1-4H3,(H,24,25)/p-1. The first kappa shape index (κ1) is 23.8. The van der Waals surface area contributed by atoms with E-state index in [0.717, 1.165) is 19.1 Å². The Hall–Kier alpha value is -1.48. The number of nitrogens with one attached hydrogen (secondary N) is 1. The van der Waals surface area contributed by atoms with Gasteiger partial charge in [0, 0.05) is 11.9 Å². The average Bonchev–Trinajstić information content (AvgIpc) is 3.07. The van der Waals surface area contributed by atoms with Crippen molar-refractivity contribution in [2.45, 2.75) is 91.0 Å². The van der Waals surface area contributed by atoms with Gasteiger partial charge in [-0.2, -0.15) is 4.98 Å². The minimum absolute atomic E-state index is 0.0898. The van der Waals surface area contributed by atoms with Crippen LogP contribution in [0.2, 0.25) is 0 Å². The minimum atomic E-state index is -3.38. The zero-order valence-electron chi connectivity index (χ0n) is 18.0. The number of hydrogen-bond donors (Lipinski definition) is 1. The molecule has 0 bridgehead atoms. The van der Waals surface area contributed by atoms with Crippen molar-refractivity contribution in [2.24, 2.45) is 10.8 Å². The van der Waals surface area contributed by atoms with E-state index >= 15 is 0 Å². The van der Waals surface area contributed by atoms with Crippen molar-refractivity contribution in [1.29, 1.82) is 0 Å². The molecule has 1 saturated carbocycles. The highest BCUT2D eigenvalue weighted by Gasteiger charge is 2.41. The van der Waals surface area contributed by atoms with Gasteiger partial charge in [-0.15, -0.1) is 0 Å². The number of carboxylic acids is 1. The number of hydrogen-bond acceptors (Lipinski definition) is 7. The largest absolute Gasteiger partial charge is 0.550 e. The molecule has 1 atom stereocenters. The Labute approximate surface area is 173 Å². The number of carbonyl (C=O) groups is 1. The molecule has 1 heterocycles. The molecule has 1 aromatic rings. The summed E-state index contributed by atoms with van der Waals surface area (Å²) in [7, 11) is -3.38. The quantitative estimate of drug-likeness (QED) is 0.607. The molecule has 29 heavy (non-hydrogen) atoms. The van der Waals surface area contributed by atoms with Crippen LogP contribution in [0.3, 0.4) is 0 Å². The van der Waals surface area contributed by atoms with Gasteiger partial charge in [0.1, 0.15) is 0 Å². The van der Waals surface area contributed by atoms with Crippen LogP contribution in [0.25, 0.3) is 0 Å². The summed E-state index contributed by atoms with van der Waals surface area (Å²) in [6, 6.07) is 0. The number of rotatable bonds is 10. The van der Waals surface area contributed by atoms with Gasteiger partial charge in [0.2, 0.25) is 15.9 Å². The number of carboxylic acid groups (broad SMARTS) is 1. The van der Waals surface area contributed by atoms with Gasteiger partial charge < -0.3 is 14.4 Å². The first-order valence-electron chi connectivity index (χ1n) is 10.4. The van der Waals surface area contributed by atoms with Crippen molar-refractivity contribution in [1.82, 2.24) is 14.9 Å². The van der Waals surface area contributed by atoms with E-state index in [0.29, 0.717) is 6.42 Å². The molecular weight excluding hydrogens is 394 g/mol. The van der Waals surface area contributed by atoms with Gasteiger partial charge in [0.05, 0.1) is 12.8 Å². The topological polar surface area (TPSA) is 125 Å². The lowest BCUT2D eigenvalue weighted by molar-refractivity contribution is -0.306. The number of carbonyl (C=O) groups excluding carboxylic acids is 1. The summed E-state index contributed by atoms with van der Waals surface area (Å²) in [5.74, 6) is -1.17. The maximum atomic E-state index is 11.2. The molecule has 0 aliphatic heterocycles. The molecule has 8 nitrogen and oxygen atoms in total. The molecule has 9 heteroatoms. The van der Waals surface area contributed by atoms with Crippen molar-refractivity contribution in [3.05, 3.63) is 11.7 Å². The molecule has 0 spiro atoms. The summed E-state index contributed by atoms with van der Waals surface area (Å²) in [6.07, 6.45) is 9.59. The number of aliphatic carboxylic acids is 1. The molecule has 1 N–H and O–H groups in total. The summed E-state index contributed by atoms with van der Waals surface area (Å²) in [4.78, 5) is 15.4. The van der Waals surface area contributed by atoms with Crippen LogP contribution in [0.15, 0.2) is 4.52 Å². The predicted molar refractivity (Wildman–Crippen MR) is 107 cm³/mol. The van der Waals surface area contributed by atoms with Crippen LogP contribution in [-0.4, -0.2) is 30.8 Å². The van der Waals surface area contributed by atoms with Crippen LogP contribution in [0, 0.1) is 10.8 Å². The second kappa shape index (κ2) is 9.55. The Kier molecular flexibility index (Phi) is 7.84. The summed E-state index contributed by atoms with van der Waals surface area (Å²) < 4.78 is 30.0. The Morgan fingerprint density at radius 1 is 1.28 bits per heavy atom. The number of aromatic nitrogens is 2. The van der Waals surface area contributed by atoms with Crippen LogP contribution >= 0.6 is 0 Å². The number of nitrogens with zero attached hydrogens (tertiary/aromatic N) is 2. The monoisotopic (exact) mass is 428 g/mol. The predicted octanol–water partition coefficient (Wildman–Crippen LogP) is 2.51.